The zero-order valence-corrected chi connectivity index (χ0v) is 7.88. The maximum Gasteiger partial charge on any atom is 0.213 e. The third kappa shape index (κ3) is 1.52. The quantitative estimate of drug-likeness (QED) is 0.709. The Balaban J connectivity index is 2.33. The van der Waals surface area contributed by atoms with Crippen LogP contribution in [0, 0.1) is 4.77 Å². The van der Waals surface area contributed by atoms with Crippen molar-refractivity contribution in [2.75, 3.05) is 0 Å². The lowest BCUT2D eigenvalue weighted by atomic mass is 10.3. The van der Waals surface area contributed by atoms with E-state index in [1.54, 1.807) is 10.9 Å². The molecule has 1 atom stereocenters. The molecule has 0 spiro atoms. The highest BCUT2D eigenvalue weighted by Crippen LogP contribution is 2.10. The van der Waals surface area contributed by atoms with Crippen LogP contribution >= 0.6 is 12.2 Å². The van der Waals surface area contributed by atoms with E-state index >= 15 is 0 Å². The van der Waals surface area contributed by atoms with E-state index in [1.165, 1.54) is 0 Å². The van der Waals surface area contributed by atoms with E-state index in [9.17, 15) is 0 Å². The van der Waals surface area contributed by atoms with Crippen LogP contribution in [0.3, 0.4) is 0 Å². The number of hydrogen-bond acceptors (Lipinski definition) is 3. The first-order valence-corrected chi connectivity index (χ1v) is 4.32. The fraction of sp³-hybridized carbons (Fsp3) is 0.286. The number of aromatic nitrogens is 5. The first-order chi connectivity index (χ1) is 6.27. The summed E-state index contributed by atoms with van der Waals surface area (Å²) in [6.45, 7) is 1.99. The van der Waals surface area contributed by atoms with E-state index in [0.29, 0.717) is 4.77 Å². The summed E-state index contributed by atoms with van der Waals surface area (Å²) in [5, 5.41) is 9.75. The monoisotopic (exact) mass is 195 g/mol. The summed E-state index contributed by atoms with van der Waals surface area (Å²) >= 11 is 4.85. The SMILES string of the molecule is CC(c1nc(=S)[nH][nH]1)n1cccn1. The first kappa shape index (κ1) is 8.18. The largest absolute Gasteiger partial charge is 0.284 e. The van der Waals surface area contributed by atoms with Crippen LogP contribution in [0.4, 0.5) is 0 Å². The fourth-order valence-electron chi connectivity index (χ4n) is 1.12. The van der Waals surface area contributed by atoms with Gasteiger partial charge in [0.1, 0.15) is 11.9 Å². The Hall–Kier alpha value is -1.43. The molecule has 0 saturated heterocycles. The Labute approximate surface area is 79.8 Å². The minimum atomic E-state index is 0.0722. The van der Waals surface area contributed by atoms with Crippen LogP contribution < -0.4 is 0 Å². The molecule has 0 aliphatic rings. The van der Waals surface area contributed by atoms with Crippen molar-refractivity contribution < 1.29 is 0 Å². The summed E-state index contributed by atoms with van der Waals surface area (Å²) in [5.41, 5.74) is 0. The third-order valence-electron chi connectivity index (χ3n) is 1.84. The van der Waals surface area contributed by atoms with Gasteiger partial charge in [0.2, 0.25) is 4.77 Å². The zero-order chi connectivity index (χ0) is 9.26. The molecule has 0 aliphatic carbocycles. The molecule has 68 valence electrons. The van der Waals surface area contributed by atoms with Gasteiger partial charge in [-0.15, -0.1) is 0 Å². The van der Waals surface area contributed by atoms with Gasteiger partial charge in [0.05, 0.1) is 0 Å². The van der Waals surface area contributed by atoms with E-state index in [0.717, 1.165) is 5.82 Å². The van der Waals surface area contributed by atoms with Crippen molar-refractivity contribution in [3.05, 3.63) is 29.1 Å². The molecule has 13 heavy (non-hydrogen) atoms. The van der Waals surface area contributed by atoms with Crippen LogP contribution in [0.5, 0.6) is 0 Å². The molecule has 0 saturated carbocycles. The van der Waals surface area contributed by atoms with Crippen molar-refractivity contribution in [2.45, 2.75) is 13.0 Å². The van der Waals surface area contributed by atoms with E-state index in [-0.39, 0.29) is 6.04 Å². The molecule has 2 rings (SSSR count). The summed E-state index contributed by atoms with van der Waals surface area (Å²) in [6, 6.07) is 1.94. The number of hydrogen-bond donors (Lipinski definition) is 2. The van der Waals surface area contributed by atoms with E-state index in [4.69, 9.17) is 12.2 Å². The first-order valence-electron chi connectivity index (χ1n) is 3.91. The lowest BCUT2D eigenvalue weighted by molar-refractivity contribution is 0.538. The highest BCUT2D eigenvalue weighted by atomic mass is 32.1. The maximum absolute atomic E-state index is 4.85. The third-order valence-corrected chi connectivity index (χ3v) is 2.03. The molecular formula is C7H9N5S. The second-order valence-corrected chi connectivity index (χ2v) is 3.10. The zero-order valence-electron chi connectivity index (χ0n) is 7.06. The van der Waals surface area contributed by atoms with Crippen molar-refractivity contribution in [3.8, 4) is 0 Å². The Kier molecular flexibility index (Phi) is 1.97. The average Bonchev–Trinajstić information content (AvgIpc) is 2.72. The van der Waals surface area contributed by atoms with E-state index in [2.05, 4.69) is 20.3 Å². The smallest absolute Gasteiger partial charge is 0.213 e. The standard InChI is InChI=1S/C7H9N5S/c1-5(12-4-2-3-8-12)6-9-7(13)11-10-6/h2-5H,1H3,(H2,9,10,11,13). The van der Waals surface area contributed by atoms with Crippen molar-refractivity contribution in [1.82, 2.24) is 25.0 Å². The number of nitrogens with one attached hydrogen (secondary N) is 2. The second-order valence-electron chi connectivity index (χ2n) is 2.71. The van der Waals surface area contributed by atoms with Crippen LogP contribution in [-0.2, 0) is 0 Å². The molecule has 2 heterocycles. The van der Waals surface area contributed by atoms with Gasteiger partial charge in [-0.05, 0) is 25.2 Å². The lowest BCUT2D eigenvalue weighted by Gasteiger charge is -2.07. The molecule has 2 aromatic heterocycles. The van der Waals surface area contributed by atoms with Gasteiger partial charge >= 0.3 is 0 Å². The van der Waals surface area contributed by atoms with Gasteiger partial charge in [-0.2, -0.15) is 5.10 Å². The number of rotatable bonds is 2. The molecule has 6 heteroatoms. The molecule has 5 nitrogen and oxygen atoms in total. The number of nitrogens with zero attached hydrogens (tertiary/aromatic N) is 3. The molecule has 1 unspecified atom stereocenters. The average molecular weight is 195 g/mol. The number of H-pyrrole nitrogens is 2. The van der Waals surface area contributed by atoms with Crippen molar-refractivity contribution in [1.29, 1.82) is 0 Å². The molecule has 2 N–H and O–H groups in total. The molecule has 0 radical (unpaired) electrons. The van der Waals surface area contributed by atoms with Gasteiger partial charge in [0.15, 0.2) is 0 Å². The Morgan fingerprint density at radius 1 is 1.54 bits per heavy atom. The van der Waals surface area contributed by atoms with Gasteiger partial charge in [-0.25, -0.2) is 4.98 Å². The van der Waals surface area contributed by atoms with Crippen LogP contribution in [0.25, 0.3) is 0 Å². The van der Waals surface area contributed by atoms with Gasteiger partial charge in [-0.3, -0.25) is 14.9 Å². The normalized spacial score (nSPS) is 13.0. The minimum Gasteiger partial charge on any atom is -0.284 e. The van der Waals surface area contributed by atoms with Gasteiger partial charge in [-0.1, -0.05) is 0 Å². The van der Waals surface area contributed by atoms with Crippen molar-refractivity contribution in [3.63, 3.8) is 0 Å². The van der Waals surface area contributed by atoms with E-state index < -0.39 is 0 Å². The molecular weight excluding hydrogens is 186 g/mol. The van der Waals surface area contributed by atoms with Crippen molar-refractivity contribution >= 4 is 12.2 Å². The molecule has 0 bridgehead atoms. The molecule has 0 amide bonds. The molecule has 0 fully saturated rings. The Morgan fingerprint density at radius 2 is 2.38 bits per heavy atom. The van der Waals surface area contributed by atoms with Crippen LogP contribution in [0.15, 0.2) is 18.5 Å². The molecule has 0 aromatic carbocycles. The van der Waals surface area contributed by atoms with Gasteiger partial charge in [0.25, 0.3) is 0 Å². The summed E-state index contributed by atoms with van der Waals surface area (Å²) < 4.78 is 2.27. The summed E-state index contributed by atoms with van der Waals surface area (Å²) in [6.07, 6.45) is 3.62. The second kappa shape index (κ2) is 3.14. The Morgan fingerprint density at radius 3 is 2.92 bits per heavy atom. The highest BCUT2D eigenvalue weighted by molar-refractivity contribution is 7.71. The predicted molar refractivity (Wildman–Crippen MR) is 49.8 cm³/mol. The van der Waals surface area contributed by atoms with Crippen LogP contribution in [0.1, 0.15) is 18.8 Å². The Bertz CT molecular complexity index is 426. The highest BCUT2D eigenvalue weighted by Gasteiger charge is 2.09. The van der Waals surface area contributed by atoms with Crippen LogP contribution in [-0.4, -0.2) is 25.0 Å². The molecule has 0 aliphatic heterocycles. The van der Waals surface area contributed by atoms with Gasteiger partial charge < -0.3 is 0 Å². The molecule has 2 aromatic rings. The summed E-state index contributed by atoms with van der Waals surface area (Å²) in [4.78, 5) is 4.11. The fourth-order valence-corrected chi connectivity index (χ4v) is 1.27. The number of aromatic amines is 2. The summed E-state index contributed by atoms with van der Waals surface area (Å²) in [5.74, 6) is 0.786. The minimum absolute atomic E-state index is 0.0722. The van der Waals surface area contributed by atoms with E-state index in [1.807, 2.05) is 19.2 Å². The van der Waals surface area contributed by atoms with Crippen LogP contribution in [0.2, 0.25) is 0 Å². The predicted octanol–water partition coefficient (Wildman–Crippen LogP) is 1.27. The summed E-state index contributed by atoms with van der Waals surface area (Å²) in [7, 11) is 0. The topological polar surface area (TPSA) is 62.3 Å². The van der Waals surface area contributed by atoms with Crippen molar-refractivity contribution in [2.24, 2.45) is 0 Å². The lowest BCUT2D eigenvalue weighted by Crippen LogP contribution is -2.08. The van der Waals surface area contributed by atoms with Gasteiger partial charge in [0, 0.05) is 12.4 Å². The maximum atomic E-state index is 4.85.